The highest BCUT2D eigenvalue weighted by Gasteiger charge is 2.46. The summed E-state index contributed by atoms with van der Waals surface area (Å²) in [5.74, 6) is 0.300. The van der Waals surface area contributed by atoms with Crippen LogP contribution in [-0.2, 0) is 21.8 Å². The molecule has 2 aliphatic heterocycles. The maximum atomic E-state index is 12.8. The minimum absolute atomic E-state index is 0.0578. The monoisotopic (exact) mass is 706 g/mol. The highest BCUT2D eigenvalue weighted by molar-refractivity contribution is 6.35. The number of benzene rings is 2. The second kappa shape index (κ2) is 14.2. The molecule has 0 bridgehead atoms. The summed E-state index contributed by atoms with van der Waals surface area (Å²) in [6, 6.07) is 17.2. The molecule has 0 N–H and O–H groups in total. The number of nitrogens with zero attached hydrogens (tertiary/aromatic N) is 10. The van der Waals surface area contributed by atoms with Crippen molar-refractivity contribution in [3.8, 4) is 11.4 Å². The number of rotatable bonds is 11. The van der Waals surface area contributed by atoms with Crippen LogP contribution in [-0.4, -0.2) is 85.0 Å². The summed E-state index contributed by atoms with van der Waals surface area (Å²) in [5.41, 5.74) is 2.41. The predicted octanol–water partition coefficient (Wildman–Crippen LogP) is 4.37. The van der Waals surface area contributed by atoms with E-state index in [-0.39, 0.29) is 37.6 Å². The van der Waals surface area contributed by atoms with E-state index in [4.69, 9.17) is 37.4 Å². The van der Waals surface area contributed by atoms with Gasteiger partial charge in [0.1, 0.15) is 43.5 Å². The highest BCUT2D eigenvalue weighted by atomic mass is 35.5. The third kappa shape index (κ3) is 6.99. The summed E-state index contributed by atoms with van der Waals surface area (Å²) in [6.07, 6.45) is 5.27. The molecule has 3 atom stereocenters. The number of anilines is 2. The molecule has 7 rings (SSSR count). The number of tetrazole rings is 1. The molecule has 0 amide bonds. The van der Waals surface area contributed by atoms with Crippen LogP contribution in [0.15, 0.2) is 78.2 Å². The van der Waals surface area contributed by atoms with Crippen LogP contribution in [0.3, 0.4) is 0 Å². The predicted molar refractivity (Wildman–Crippen MR) is 184 cm³/mol. The Balaban J connectivity index is 0.925. The number of aromatic nitrogens is 8. The van der Waals surface area contributed by atoms with Gasteiger partial charge in [0.15, 0.2) is 0 Å². The fourth-order valence-corrected chi connectivity index (χ4v) is 6.59. The number of halogens is 2. The second-order valence-corrected chi connectivity index (χ2v) is 12.9. The van der Waals surface area contributed by atoms with Crippen molar-refractivity contribution in [3.05, 3.63) is 99.5 Å². The van der Waals surface area contributed by atoms with Crippen LogP contribution in [0.2, 0.25) is 10.0 Å². The van der Waals surface area contributed by atoms with Crippen LogP contribution in [0.5, 0.6) is 5.75 Å². The van der Waals surface area contributed by atoms with Crippen LogP contribution in [0.25, 0.3) is 5.69 Å². The first kappa shape index (κ1) is 33.0. The Bertz CT molecular complexity index is 1910. The van der Waals surface area contributed by atoms with Crippen LogP contribution in [0.4, 0.5) is 11.5 Å². The fraction of sp³-hybridized carbons (Fsp3) is 0.394. The molecule has 0 aliphatic carbocycles. The number of pyridine rings is 1. The lowest BCUT2D eigenvalue weighted by Crippen LogP contribution is -2.46. The smallest absolute Gasteiger partial charge is 0.350 e. The van der Waals surface area contributed by atoms with E-state index < -0.39 is 5.79 Å². The third-order valence-corrected chi connectivity index (χ3v) is 9.47. The van der Waals surface area contributed by atoms with Gasteiger partial charge in [-0.05, 0) is 72.3 Å². The van der Waals surface area contributed by atoms with E-state index in [1.165, 1.54) is 15.7 Å². The molecule has 2 saturated heterocycles. The normalized spacial score (nSPS) is 20.1. The highest BCUT2D eigenvalue weighted by Crippen LogP contribution is 2.40. The summed E-state index contributed by atoms with van der Waals surface area (Å²) < 4.78 is 23.4. The Morgan fingerprint density at radius 2 is 1.78 bits per heavy atom. The lowest BCUT2D eigenvalue weighted by Gasteiger charge is -2.36. The maximum Gasteiger partial charge on any atom is 0.350 e. The van der Waals surface area contributed by atoms with Crippen molar-refractivity contribution in [2.75, 3.05) is 49.2 Å². The second-order valence-electron chi connectivity index (χ2n) is 12.1. The molecule has 5 aromatic rings. The molecule has 2 aliphatic rings. The van der Waals surface area contributed by atoms with Gasteiger partial charge < -0.3 is 24.0 Å². The zero-order chi connectivity index (χ0) is 34.0. The van der Waals surface area contributed by atoms with Crippen molar-refractivity contribution in [2.24, 2.45) is 0 Å². The van der Waals surface area contributed by atoms with Gasteiger partial charge >= 0.3 is 5.69 Å². The standard InChI is InChI=1S/C33H36Cl2N10O4/c1-3-23(2)45-32(46)44(22-38-45)26-7-5-25(6-8-26)41-12-14-42(15-13-41)31-11-9-27(17-36-31)47-18-28-19-48-33(49-28,20-43-21-37-39-40-43)29-10-4-24(34)16-30(29)35/h4-11,16-17,21-23,28H,3,12-15,18-20H2,1-2H3/t23?,28-,33-/m1/s1. The quantitative estimate of drug-likeness (QED) is 0.194. The molecule has 3 aromatic heterocycles. The van der Waals surface area contributed by atoms with Gasteiger partial charge in [-0.2, -0.15) is 5.10 Å². The summed E-state index contributed by atoms with van der Waals surface area (Å²) in [7, 11) is 0. The summed E-state index contributed by atoms with van der Waals surface area (Å²) >= 11 is 12.7. The lowest BCUT2D eigenvalue weighted by molar-refractivity contribution is -0.190. The van der Waals surface area contributed by atoms with E-state index in [0.717, 1.165) is 49.8 Å². The number of hydrogen-bond acceptors (Lipinski definition) is 11. The van der Waals surface area contributed by atoms with Gasteiger partial charge in [0.25, 0.3) is 0 Å². The van der Waals surface area contributed by atoms with Gasteiger partial charge in [-0.15, -0.1) is 5.10 Å². The van der Waals surface area contributed by atoms with Crippen molar-refractivity contribution >= 4 is 34.7 Å². The molecule has 5 heterocycles. The zero-order valence-corrected chi connectivity index (χ0v) is 28.6. The number of hydrogen-bond donors (Lipinski definition) is 0. The molecular formula is C33H36Cl2N10O4. The van der Waals surface area contributed by atoms with Crippen molar-refractivity contribution in [3.63, 3.8) is 0 Å². The van der Waals surface area contributed by atoms with E-state index in [9.17, 15) is 4.79 Å². The number of ether oxygens (including phenoxy) is 3. The van der Waals surface area contributed by atoms with Gasteiger partial charge in [-0.25, -0.2) is 23.7 Å². The van der Waals surface area contributed by atoms with Crippen LogP contribution >= 0.6 is 23.2 Å². The third-order valence-electron chi connectivity index (χ3n) is 8.92. The van der Waals surface area contributed by atoms with Crippen molar-refractivity contribution in [2.45, 2.75) is 44.7 Å². The Hall–Kier alpha value is -4.50. The largest absolute Gasteiger partial charge is 0.489 e. The zero-order valence-electron chi connectivity index (χ0n) is 27.1. The van der Waals surface area contributed by atoms with Crippen molar-refractivity contribution in [1.82, 2.24) is 39.5 Å². The summed E-state index contributed by atoms with van der Waals surface area (Å²) in [5, 5.41) is 16.6. The van der Waals surface area contributed by atoms with Crippen molar-refractivity contribution in [1.29, 1.82) is 0 Å². The van der Waals surface area contributed by atoms with Gasteiger partial charge in [0, 0.05) is 42.5 Å². The average molecular weight is 708 g/mol. The topological polar surface area (TPSA) is 130 Å². The Labute approximate surface area is 292 Å². The van der Waals surface area contributed by atoms with Gasteiger partial charge in [0.05, 0.1) is 29.6 Å². The first-order chi connectivity index (χ1) is 23.8. The van der Waals surface area contributed by atoms with E-state index in [1.54, 1.807) is 35.3 Å². The van der Waals surface area contributed by atoms with Crippen molar-refractivity contribution < 1.29 is 14.2 Å². The van der Waals surface area contributed by atoms with Crippen LogP contribution < -0.4 is 20.2 Å². The van der Waals surface area contributed by atoms with Gasteiger partial charge in [-0.1, -0.05) is 36.2 Å². The van der Waals surface area contributed by atoms with Gasteiger partial charge in [-0.3, -0.25) is 0 Å². The molecule has 0 saturated carbocycles. The Morgan fingerprint density at radius 1 is 1.00 bits per heavy atom. The fourth-order valence-electron chi connectivity index (χ4n) is 6.04. The Kier molecular flexibility index (Phi) is 9.54. The Morgan fingerprint density at radius 3 is 2.47 bits per heavy atom. The molecule has 0 spiro atoms. The molecule has 256 valence electrons. The van der Waals surface area contributed by atoms with Gasteiger partial charge in [0.2, 0.25) is 5.79 Å². The number of piperazine rings is 1. The van der Waals surface area contributed by atoms with E-state index >= 15 is 0 Å². The molecule has 16 heteroatoms. The lowest BCUT2D eigenvalue weighted by atomic mass is 10.1. The molecular weight excluding hydrogens is 671 g/mol. The first-order valence-corrected chi connectivity index (χ1v) is 16.9. The minimum Gasteiger partial charge on any atom is -0.489 e. The van der Waals surface area contributed by atoms with Crippen LogP contribution in [0.1, 0.15) is 31.9 Å². The SMILES string of the molecule is CCC(C)n1ncn(-c2ccc(N3CCN(c4ccc(OC[C@@H]5CO[C@@](Cn6cnnn6)(c6ccc(Cl)cc6Cl)O5)cn4)CC3)cc2)c1=O. The van der Waals surface area contributed by atoms with Crippen LogP contribution in [0, 0.1) is 0 Å². The maximum absolute atomic E-state index is 12.8. The molecule has 0 radical (unpaired) electrons. The average Bonchev–Trinajstić information content (AvgIpc) is 3.88. The molecule has 2 fully saturated rings. The van der Waals surface area contributed by atoms with E-state index in [2.05, 4.69) is 47.5 Å². The molecule has 14 nitrogen and oxygen atoms in total. The molecule has 1 unspecified atom stereocenters. The summed E-state index contributed by atoms with van der Waals surface area (Å²) in [6.45, 7) is 8.08. The van der Waals surface area contributed by atoms with E-state index in [1.807, 2.05) is 38.1 Å². The summed E-state index contributed by atoms with van der Waals surface area (Å²) in [4.78, 5) is 22.1. The molecule has 49 heavy (non-hydrogen) atoms. The first-order valence-electron chi connectivity index (χ1n) is 16.2. The molecule has 2 aromatic carbocycles. The minimum atomic E-state index is -1.21. The van der Waals surface area contributed by atoms with E-state index in [0.29, 0.717) is 21.4 Å².